The molecule has 2 heterocycles. The van der Waals surface area contributed by atoms with Crippen molar-refractivity contribution in [1.82, 2.24) is 4.90 Å². The zero-order valence-corrected chi connectivity index (χ0v) is 16.6. The van der Waals surface area contributed by atoms with Crippen molar-refractivity contribution < 1.29 is 17.9 Å². The molecule has 0 unspecified atom stereocenters. The summed E-state index contributed by atoms with van der Waals surface area (Å²) in [6.07, 6.45) is 0.756. The molecular formula is C21H24N2O4S. The molecule has 0 aromatic heterocycles. The molecule has 28 heavy (non-hydrogen) atoms. The lowest BCUT2D eigenvalue weighted by atomic mass is 10.0. The van der Waals surface area contributed by atoms with E-state index in [4.69, 9.17) is 4.74 Å². The molecule has 2 aliphatic rings. The highest BCUT2D eigenvalue weighted by molar-refractivity contribution is 7.91. The van der Waals surface area contributed by atoms with Crippen molar-refractivity contribution in [2.24, 2.45) is 0 Å². The van der Waals surface area contributed by atoms with Crippen LogP contribution in [0.5, 0.6) is 5.75 Å². The molecule has 2 saturated heterocycles. The molecule has 7 heteroatoms. The second-order valence-corrected chi connectivity index (χ2v) is 9.53. The van der Waals surface area contributed by atoms with Gasteiger partial charge in [0.1, 0.15) is 5.75 Å². The molecule has 2 fully saturated rings. The van der Waals surface area contributed by atoms with Gasteiger partial charge in [0.05, 0.1) is 31.2 Å². The van der Waals surface area contributed by atoms with E-state index < -0.39 is 9.84 Å². The van der Waals surface area contributed by atoms with Crippen LogP contribution >= 0.6 is 0 Å². The first-order valence-electron chi connectivity index (χ1n) is 9.41. The standard InChI is InChI=1S/C21H24N2O4S/c1-27-18-9-7-16(8-10-18)11-12-22-13-21(24)23(17-5-3-2-4-6-17)20-15-28(25,26)14-19(20)22/h2-10,19-20H,11-15H2,1H3/t19-,20-/m0/s1. The molecule has 0 spiro atoms. The molecule has 4 rings (SSSR count). The summed E-state index contributed by atoms with van der Waals surface area (Å²) in [5, 5.41) is 0. The molecule has 0 saturated carbocycles. The number of benzene rings is 2. The summed E-state index contributed by atoms with van der Waals surface area (Å²) in [5.74, 6) is 0.894. The number of hydrogen-bond acceptors (Lipinski definition) is 5. The maximum atomic E-state index is 12.9. The smallest absolute Gasteiger partial charge is 0.241 e. The Morgan fingerprint density at radius 2 is 1.68 bits per heavy atom. The van der Waals surface area contributed by atoms with Gasteiger partial charge >= 0.3 is 0 Å². The highest BCUT2D eigenvalue weighted by Gasteiger charge is 2.49. The molecule has 2 aliphatic heterocycles. The van der Waals surface area contributed by atoms with Crippen molar-refractivity contribution in [1.29, 1.82) is 0 Å². The minimum Gasteiger partial charge on any atom is -0.497 e. The number of anilines is 1. The first-order valence-corrected chi connectivity index (χ1v) is 11.2. The lowest BCUT2D eigenvalue weighted by Crippen LogP contribution is -2.62. The first-order chi connectivity index (χ1) is 13.5. The fraction of sp³-hybridized carbons (Fsp3) is 0.381. The minimum absolute atomic E-state index is 0.0251. The number of methoxy groups -OCH3 is 1. The Kier molecular flexibility index (Phi) is 5.12. The van der Waals surface area contributed by atoms with Crippen molar-refractivity contribution in [3.63, 3.8) is 0 Å². The van der Waals surface area contributed by atoms with Crippen molar-refractivity contribution in [3.8, 4) is 5.75 Å². The molecule has 0 aliphatic carbocycles. The van der Waals surface area contributed by atoms with E-state index in [1.807, 2.05) is 59.5 Å². The Morgan fingerprint density at radius 3 is 2.36 bits per heavy atom. The summed E-state index contributed by atoms with van der Waals surface area (Å²) in [6, 6.07) is 16.7. The van der Waals surface area contributed by atoms with Crippen molar-refractivity contribution in [2.45, 2.75) is 18.5 Å². The number of carbonyl (C=O) groups excluding carboxylic acids is 1. The van der Waals surface area contributed by atoms with E-state index in [0.29, 0.717) is 6.54 Å². The van der Waals surface area contributed by atoms with Crippen LogP contribution in [0.2, 0.25) is 0 Å². The molecule has 0 N–H and O–H groups in total. The van der Waals surface area contributed by atoms with E-state index in [-0.39, 0.29) is 36.0 Å². The van der Waals surface area contributed by atoms with E-state index in [0.717, 1.165) is 23.4 Å². The van der Waals surface area contributed by atoms with Crippen LogP contribution in [0, 0.1) is 0 Å². The van der Waals surface area contributed by atoms with E-state index in [1.54, 1.807) is 12.0 Å². The number of ether oxygens (including phenoxy) is 1. The zero-order chi connectivity index (χ0) is 19.7. The molecule has 2 aromatic carbocycles. The van der Waals surface area contributed by atoms with Gasteiger partial charge in [-0.2, -0.15) is 0 Å². The van der Waals surface area contributed by atoms with Gasteiger partial charge in [0.2, 0.25) is 5.91 Å². The molecule has 2 aromatic rings. The van der Waals surface area contributed by atoms with Gasteiger partial charge < -0.3 is 9.64 Å². The second-order valence-electron chi connectivity index (χ2n) is 7.38. The highest BCUT2D eigenvalue weighted by atomic mass is 32.2. The lowest BCUT2D eigenvalue weighted by Gasteiger charge is -2.43. The van der Waals surface area contributed by atoms with E-state index in [1.165, 1.54) is 0 Å². The van der Waals surface area contributed by atoms with Gasteiger partial charge in [-0.15, -0.1) is 0 Å². The van der Waals surface area contributed by atoms with Gasteiger partial charge in [-0.3, -0.25) is 9.69 Å². The summed E-state index contributed by atoms with van der Waals surface area (Å²) < 4.78 is 30.0. The largest absolute Gasteiger partial charge is 0.497 e. The summed E-state index contributed by atoms with van der Waals surface area (Å²) in [7, 11) is -1.54. The Balaban J connectivity index is 1.54. The number of amides is 1. The van der Waals surface area contributed by atoms with Gasteiger partial charge in [0.15, 0.2) is 9.84 Å². The second kappa shape index (κ2) is 7.56. The van der Waals surface area contributed by atoms with Crippen LogP contribution in [0.25, 0.3) is 0 Å². The van der Waals surface area contributed by atoms with Crippen LogP contribution < -0.4 is 9.64 Å². The third kappa shape index (κ3) is 3.77. The maximum Gasteiger partial charge on any atom is 0.241 e. The molecule has 2 atom stereocenters. The average Bonchev–Trinajstić information content (AvgIpc) is 3.02. The summed E-state index contributed by atoms with van der Waals surface area (Å²) in [5.41, 5.74) is 1.91. The van der Waals surface area contributed by atoms with Crippen molar-refractivity contribution in [2.75, 3.05) is 36.6 Å². The number of sulfone groups is 1. The van der Waals surface area contributed by atoms with Crippen LogP contribution in [-0.2, 0) is 21.1 Å². The number of hydrogen-bond donors (Lipinski definition) is 0. The van der Waals surface area contributed by atoms with E-state index in [9.17, 15) is 13.2 Å². The van der Waals surface area contributed by atoms with Crippen LogP contribution in [-0.4, -0.2) is 63.0 Å². The minimum atomic E-state index is -3.17. The Hall–Kier alpha value is -2.38. The average molecular weight is 401 g/mol. The SMILES string of the molecule is COc1ccc(CCN2CC(=O)N(c3ccccc3)[C@H]3CS(=O)(=O)C[C@@H]32)cc1. The van der Waals surface area contributed by atoms with Gasteiger partial charge in [-0.1, -0.05) is 30.3 Å². The molecule has 0 radical (unpaired) electrons. The van der Waals surface area contributed by atoms with Crippen LogP contribution in [0.15, 0.2) is 54.6 Å². The van der Waals surface area contributed by atoms with Gasteiger partial charge in [-0.05, 0) is 36.2 Å². The first kappa shape index (κ1) is 19.0. The number of para-hydroxylation sites is 1. The van der Waals surface area contributed by atoms with Gasteiger partial charge in [0, 0.05) is 18.3 Å². The summed E-state index contributed by atoms with van der Waals surface area (Å²) >= 11 is 0. The topological polar surface area (TPSA) is 66.9 Å². The third-order valence-electron chi connectivity index (χ3n) is 5.58. The van der Waals surface area contributed by atoms with Gasteiger partial charge in [-0.25, -0.2) is 8.42 Å². The van der Waals surface area contributed by atoms with Gasteiger partial charge in [0.25, 0.3) is 0 Å². The normalized spacial score (nSPS) is 24.2. The quantitative estimate of drug-likeness (QED) is 0.765. The highest BCUT2D eigenvalue weighted by Crippen LogP contribution is 2.31. The fourth-order valence-electron chi connectivity index (χ4n) is 4.19. The lowest BCUT2D eigenvalue weighted by molar-refractivity contribution is -0.123. The Labute approximate surface area is 165 Å². The van der Waals surface area contributed by atoms with Crippen LogP contribution in [0.1, 0.15) is 5.56 Å². The van der Waals surface area contributed by atoms with Crippen molar-refractivity contribution in [3.05, 3.63) is 60.2 Å². The zero-order valence-electron chi connectivity index (χ0n) is 15.8. The Morgan fingerprint density at radius 1 is 1.00 bits per heavy atom. The number of fused-ring (bicyclic) bond motifs is 1. The predicted molar refractivity (Wildman–Crippen MR) is 108 cm³/mol. The van der Waals surface area contributed by atoms with Crippen molar-refractivity contribution >= 4 is 21.4 Å². The summed E-state index contributed by atoms with van der Waals surface area (Å²) in [6.45, 7) is 0.888. The van der Waals surface area contributed by atoms with Crippen LogP contribution in [0.3, 0.4) is 0 Å². The number of nitrogens with zero attached hydrogens (tertiary/aromatic N) is 2. The predicted octanol–water partition coefficient (Wildman–Crippen LogP) is 1.75. The third-order valence-corrected chi connectivity index (χ3v) is 7.28. The fourth-order valence-corrected chi connectivity index (χ4v) is 6.17. The maximum absolute atomic E-state index is 12.9. The number of carbonyl (C=O) groups is 1. The molecule has 0 bridgehead atoms. The van der Waals surface area contributed by atoms with E-state index in [2.05, 4.69) is 0 Å². The number of piperazine rings is 1. The van der Waals surface area contributed by atoms with Crippen LogP contribution in [0.4, 0.5) is 5.69 Å². The van der Waals surface area contributed by atoms with E-state index >= 15 is 0 Å². The molecule has 1 amide bonds. The molecule has 6 nitrogen and oxygen atoms in total. The number of rotatable bonds is 5. The molecular weight excluding hydrogens is 376 g/mol. The molecule has 148 valence electrons. The monoisotopic (exact) mass is 400 g/mol. The summed E-state index contributed by atoms with van der Waals surface area (Å²) in [4.78, 5) is 16.7. The Bertz CT molecular complexity index is 944.